The molecule has 2 amide bonds. The molecule has 9 nitrogen and oxygen atoms in total. The smallest absolute Gasteiger partial charge is 0.288 e. The number of hydrogen-bond donors (Lipinski definition) is 3. The molecule has 2 heterocycles. The second-order valence-electron chi connectivity index (χ2n) is 8.85. The average molecular weight is 488 g/mol. The van der Waals surface area contributed by atoms with Crippen LogP contribution in [0.15, 0.2) is 48.5 Å². The Morgan fingerprint density at radius 3 is 2.67 bits per heavy atom. The maximum absolute atomic E-state index is 11.9. The van der Waals surface area contributed by atoms with Crippen LogP contribution < -0.4 is 15.4 Å². The summed E-state index contributed by atoms with van der Waals surface area (Å²) in [5.74, 6) is 6.80. The summed E-state index contributed by atoms with van der Waals surface area (Å²) >= 11 is 0. The Hall–Kier alpha value is -4.16. The highest BCUT2D eigenvalue weighted by molar-refractivity contribution is 5.95. The molecule has 1 fully saturated rings. The van der Waals surface area contributed by atoms with Crippen molar-refractivity contribution in [1.82, 2.24) is 15.2 Å². The van der Waals surface area contributed by atoms with Crippen LogP contribution in [0.4, 0.5) is 5.69 Å². The topological polar surface area (TPSA) is 134 Å². The van der Waals surface area contributed by atoms with Gasteiger partial charge < -0.3 is 20.5 Å². The Morgan fingerprint density at radius 1 is 1.22 bits per heavy atom. The molecule has 186 valence electrons. The molecular weight excluding hydrogens is 458 g/mol. The first-order valence-corrected chi connectivity index (χ1v) is 11.9. The van der Waals surface area contributed by atoms with Crippen LogP contribution in [0.5, 0.6) is 5.75 Å². The van der Waals surface area contributed by atoms with Crippen molar-refractivity contribution in [3.63, 3.8) is 0 Å². The zero-order valence-corrected chi connectivity index (χ0v) is 20.2. The first-order chi connectivity index (χ1) is 17.3. The minimum atomic E-state index is -0.842. The van der Waals surface area contributed by atoms with E-state index in [1.807, 2.05) is 48.5 Å². The van der Waals surface area contributed by atoms with E-state index in [9.17, 15) is 14.7 Å². The van der Waals surface area contributed by atoms with Crippen LogP contribution >= 0.6 is 0 Å². The summed E-state index contributed by atoms with van der Waals surface area (Å²) in [5, 5.41) is 16.6. The Balaban J connectivity index is 0.000000179. The predicted octanol–water partition coefficient (Wildman–Crippen LogP) is 2.58. The van der Waals surface area contributed by atoms with Crippen molar-refractivity contribution >= 4 is 17.5 Å². The van der Waals surface area contributed by atoms with Gasteiger partial charge in [0.15, 0.2) is 0 Å². The number of benzene rings is 2. The fourth-order valence-electron chi connectivity index (χ4n) is 4.08. The van der Waals surface area contributed by atoms with Gasteiger partial charge >= 0.3 is 0 Å². The Morgan fingerprint density at radius 2 is 1.97 bits per heavy atom. The van der Waals surface area contributed by atoms with Gasteiger partial charge in [0, 0.05) is 19.0 Å². The summed E-state index contributed by atoms with van der Waals surface area (Å²) in [6.45, 7) is 0.404. The molecule has 2 aliphatic rings. The van der Waals surface area contributed by atoms with E-state index in [-0.39, 0.29) is 11.7 Å². The van der Waals surface area contributed by atoms with Crippen molar-refractivity contribution in [3.05, 3.63) is 71.3 Å². The summed E-state index contributed by atoms with van der Waals surface area (Å²) in [7, 11) is 1.75. The molecule has 3 aromatic rings. The number of ether oxygens (including phenoxy) is 1. The first kappa shape index (κ1) is 24.9. The highest BCUT2D eigenvalue weighted by atomic mass is 16.5. The molecule has 0 bridgehead atoms. The summed E-state index contributed by atoms with van der Waals surface area (Å²) in [6, 6.07) is 15.4. The molecule has 0 radical (unpaired) electrons. The zero-order valence-electron chi connectivity index (χ0n) is 20.2. The van der Waals surface area contributed by atoms with Crippen LogP contribution in [0.25, 0.3) is 0 Å². The molecule has 2 aromatic carbocycles. The van der Waals surface area contributed by atoms with Crippen molar-refractivity contribution in [2.75, 3.05) is 18.6 Å². The van der Waals surface area contributed by atoms with E-state index in [2.05, 4.69) is 27.0 Å². The van der Waals surface area contributed by atoms with Crippen LogP contribution in [0.2, 0.25) is 0 Å². The monoisotopic (exact) mass is 487 g/mol. The van der Waals surface area contributed by atoms with Gasteiger partial charge in [-0.1, -0.05) is 42.2 Å². The lowest BCUT2D eigenvalue weighted by molar-refractivity contribution is -0.118. The molecule has 0 saturated heterocycles. The maximum Gasteiger partial charge on any atom is 0.288 e. The number of anilines is 1. The number of H-pyrrole nitrogens is 1. The van der Waals surface area contributed by atoms with Gasteiger partial charge in [-0.05, 0) is 49.4 Å². The quantitative estimate of drug-likeness (QED) is 0.486. The molecule has 4 N–H and O–H groups in total. The number of nitrogens with two attached hydrogens (primary N) is 1. The number of aliphatic hydroxyl groups is 1. The van der Waals surface area contributed by atoms with Gasteiger partial charge in [-0.2, -0.15) is 0 Å². The number of carbonyl (C=O) groups excluding carboxylic acids is 2. The van der Waals surface area contributed by atoms with Gasteiger partial charge in [-0.3, -0.25) is 14.7 Å². The molecule has 0 unspecified atom stereocenters. The predicted molar refractivity (Wildman–Crippen MR) is 134 cm³/mol. The van der Waals surface area contributed by atoms with Crippen LogP contribution in [0.3, 0.4) is 0 Å². The van der Waals surface area contributed by atoms with Gasteiger partial charge in [0.25, 0.3) is 5.91 Å². The lowest BCUT2D eigenvalue weighted by atomic mass is 10.0. The number of nitrogens with one attached hydrogen (secondary N) is 1. The Bertz CT molecular complexity index is 1290. The van der Waals surface area contributed by atoms with E-state index in [0.29, 0.717) is 31.0 Å². The molecule has 0 atom stereocenters. The number of hydrogen-bond acceptors (Lipinski definition) is 6. The normalized spacial score (nSPS) is 15.9. The zero-order chi connectivity index (χ0) is 25.5. The number of fused-ring (bicyclic) bond motifs is 1. The Kier molecular flexibility index (Phi) is 7.66. The fraction of sp³-hybridized carbons (Fsp3) is 0.333. The number of aromatic nitrogens is 3. The van der Waals surface area contributed by atoms with Crippen LogP contribution in [0, 0.1) is 11.8 Å². The van der Waals surface area contributed by atoms with Crippen LogP contribution in [0.1, 0.15) is 59.7 Å². The first-order valence-electron chi connectivity index (χ1n) is 11.9. The van der Waals surface area contributed by atoms with Crippen molar-refractivity contribution < 1.29 is 19.4 Å². The van der Waals surface area contributed by atoms with Crippen LogP contribution in [-0.2, 0) is 11.2 Å². The van der Waals surface area contributed by atoms with Crippen molar-refractivity contribution in [3.8, 4) is 17.6 Å². The van der Waals surface area contributed by atoms with Gasteiger partial charge in [-0.15, -0.1) is 5.10 Å². The molecule has 1 saturated carbocycles. The number of rotatable bonds is 3. The molecule has 36 heavy (non-hydrogen) atoms. The fourth-order valence-corrected chi connectivity index (χ4v) is 4.08. The number of primary amides is 1. The third kappa shape index (κ3) is 6.29. The van der Waals surface area contributed by atoms with Crippen molar-refractivity contribution in [2.24, 2.45) is 5.73 Å². The third-order valence-electron chi connectivity index (χ3n) is 6.10. The number of aromatic amines is 1. The highest BCUT2D eigenvalue weighted by Gasteiger charge is 2.28. The molecule has 1 aliphatic heterocycles. The van der Waals surface area contributed by atoms with Crippen molar-refractivity contribution in [2.45, 2.75) is 44.1 Å². The van der Waals surface area contributed by atoms with Gasteiger partial charge in [-0.25, -0.2) is 4.98 Å². The third-order valence-corrected chi connectivity index (χ3v) is 6.10. The lowest BCUT2D eigenvalue weighted by Gasteiger charge is -2.16. The number of nitrogens with zero attached hydrogens (tertiary/aromatic N) is 3. The second kappa shape index (κ2) is 11.1. The molecule has 5 rings (SSSR count). The van der Waals surface area contributed by atoms with E-state index in [1.54, 1.807) is 11.9 Å². The molecular formula is C27H29N5O4. The maximum atomic E-state index is 11.9. The van der Waals surface area contributed by atoms with E-state index >= 15 is 0 Å². The second-order valence-corrected chi connectivity index (χ2v) is 8.85. The number of amides is 2. The van der Waals surface area contributed by atoms with Gasteiger partial charge in [0.1, 0.15) is 17.2 Å². The van der Waals surface area contributed by atoms with Crippen molar-refractivity contribution in [1.29, 1.82) is 0 Å². The molecule has 1 aliphatic carbocycles. The lowest BCUT2D eigenvalue weighted by Crippen LogP contribution is -2.25. The van der Waals surface area contributed by atoms with E-state index in [4.69, 9.17) is 10.5 Å². The summed E-state index contributed by atoms with van der Waals surface area (Å²) in [6.07, 6.45) is 4.53. The summed E-state index contributed by atoms with van der Waals surface area (Å²) in [4.78, 5) is 28.2. The Labute approximate surface area is 209 Å². The molecule has 1 aromatic heterocycles. The average Bonchev–Trinajstić information content (AvgIpc) is 3.50. The van der Waals surface area contributed by atoms with Gasteiger partial charge in [0.05, 0.1) is 18.7 Å². The molecule has 9 heteroatoms. The SMILES string of the molecule is CN1C(=O)CCOc2ccc(C#CC3(O)CCCC3)cc21.NC(=O)c1n[nH]c(Cc2ccccc2)n1. The van der Waals surface area contributed by atoms with E-state index in [1.165, 1.54) is 0 Å². The molecule has 0 spiro atoms. The van der Waals surface area contributed by atoms with E-state index < -0.39 is 11.5 Å². The largest absolute Gasteiger partial charge is 0.491 e. The standard InChI is InChI=1S/C17H19NO3.C10H10N4O/c1-18-14-12-13(6-10-17(20)8-2-3-9-17)4-5-15(14)21-11-7-16(18)19;11-9(15)10-12-8(13-14-10)6-7-4-2-1-3-5-7/h4-5,12,20H,2-3,7-9,11H2,1H3;1-5H,6H2,(H2,11,15)(H,12,13,14). The number of carbonyl (C=O) groups is 2. The summed E-state index contributed by atoms with van der Waals surface area (Å²) < 4.78 is 5.58. The minimum Gasteiger partial charge on any atom is -0.491 e. The minimum absolute atomic E-state index is 0.0286. The highest BCUT2D eigenvalue weighted by Crippen LogP contribution is 2.32. The van der Waals surface area contributed by atoms with E-state index in [0.717, 1.165) is 42.5 Å². The van der Waals surface area contributed by atoms with Crippen LogP contribution in [-0.4, -0.2) is 51.4 Å². The van der Waals surface area contributed by atoms with Gasteiger partial charge in [0.2, 0.25) is 11.7 Å². The summed E-state index contributed by atoms with van der Waals surface area (Å²) in [5.41, 5.74) is 6.83.